The maximum atomic E-state index is 11.1. The quantitative estimate of drug-likeness (QED) is 0.823. The zero-order valence-corrected chi connectivity index (χ0v) is 9.34. The predicted molar refractivity (Wildman–Crippen MR) is 61.1 cm³/mol. The summed E-state index contributed by atoms with van der Waals surface area (Å²) in [6.07, 6.45) is 0. The van der Waals surface area contributed by atoms with Crippen molar-refractivity contribution in [3.63, 3.8) is 0 Å². The van der Waals surface area contributed by atoms with E-state index < -0.39 is 12.0 Å². The van der Waals surface area contributed by atoms with Gasteiger partial charge in [0.2, 0.25) is 0 Å². The number of nitrogens with zero attached hydrogens (tertiary/aromatic N) is 1. The lowest BCUT2D eigenvalue weighted by Crippen LogP contribution is -2.42. The standard InChI is InChI=1S/C12H17NO2/c1-9(2)11(12(14)15)13(3)10-7-5-4-6-8-10/h4-9,11H,1-3H3,(H,14,15). The molecule has 0 saturated carbocycles. The van der Waals surface area contributed by atoms with E-state index in [1.54, 1.807) is 4.90 Å². The molecule has 3 heteroatoms. The van der Waals surface area contributed by atoms with Crippen molar-refractivity contribution in [3.8, 4) is 0 Å². The highest BCUT2D eigenvalue weighted by Gasteiger charge is 2.25. The molecule has 15 heavy (non-hydrogen) atoms. The van der Waals surface area contributed by atoms with Crippen LogP contribution in [-0.2, 0) is 4.79 Å². The Hall–Kier alpha value is -1.51. The normalized spacial score (nSPS) is 12.5. The van der Waals surface area contributed by atoms with Gasteiger partial charge >= 0.3 is 5.97 Å². The Morgan fingerprint density at radius 1 is 1.27 bits per heavy atom. The number of carboxylic acids is 1. The monoisotopic (exact) mass is 207 g/mol. The van der Waals surface area contributed by atoms with E-state index in [9.17, 15) is 4.79 Å². The van der Waals surface area contributed by atoms with Crippen molar-refractivity contribution in [3.05, 3.63) is 30.3 Å². The van der Waals surface area contributed by atoms with Gasteiger partial charge in [0, 0.05) is 12.7 Å². The molecule has 0 aliphatic rings. The van der Waals surface area contributed by atoms with Crippen molar-refractivity contribution in [2.45, 2.75) is 19.9 Å². The van der Waals surface area contributed by atoms with Crippen LogP contribution in [0.2, 0.25) is 0 Å². The van der Waals surface area contributed by atoms with Gasteiger partial charge in [0.25, 0.3) is 0 Å². The van der Waals surface area contributed by atoms with Crippen molar-refractivity contribution in [2.24, 2.45) is 5.92 Å². The molecule has 0 radical (unpaired) electrons. The molecular formula is C12H17NO2. The van der Waals surface area contributed by atoms with Gasteiger partial charge in [0.15, 0.2) is 0 Å². The van der Waals surface area contributed by atoms with Crippen molar-refractivity contribution >= 4 is 11.7 Å². The number of anilines is 1. The van der Waals surface area contributed by atoms with E-state index >= 15 is 0 Å². The molecule has 1 aromatic carbocycles. The summed E-state index contributed by atoms with van der Waals surface area (Å²) in [5, 5.41) is 9.13. The van der Waals surface area contributed by atoms with Gasteiger partial charge in [0.05, 0.1) is 0 Å². The minimum absolute atomic E-state index is 0.0766. The number of aliphatic carboxylic acids is 1. The van der Waals surface area contributed by atoms with Crippen LogP contribution in [0.25, 0.3) is 0 Å². The average Bonchev–Trinajstić information content (AvgIpc) is 2.18. The molecule has 82 valence electrons. The first-order valence-corrected chi connectivity index (χ1v) is 5.04. The predicted octanol–water partition coefficient (Wildman–Crippen LogP) is 2.23. The van der Waals surface area contributed by atoms with Crippen LogP contribution in [0.3, 0.4) is 0 Å². The molecule has 1 unspecified atom stereocenters. The van der Waals surface area contributed by atoms with Crippen LogP contribution in [0.4, 0.5) is 5.69 Å². The molecule has 0 heterocycles. The van der Waals surface area contributed by atoms with E-state index in [-0.39, 0.29) is 5.92 Å². The smallest absolute Gasteiger partial charge is 0.326 e. The molecule has 0 saturated heterocycles. The fraction of sp³-hybridized carbons (Fsp3) is 0.417. The van der Waals surface area contributed by atoms with E-state index in [0.29, 0.717) is 0 Å². The third-order valence-corrected chi connectivity index (χ3v) is 2.47. The summed E-state index contributed by atoms with van der Waals surface area (Å²) < 4.78 is 0. The highest BCUT2D eigenvalue weighted by atomic mass is 16.4. The van der Waals surface area contributed by atoms with Crippen LogP contribution in [0, 0.1) is 5.92 Å². The molecule has 0 spiro atoms. The summed E-state index contributed by atoms with van der Waals surface area (Å²) >= 11 is 0. The molecule has 0 aliphatic heterocycles. The van der Waals surface area contributed by atoms with Gasteiger partial charge in [0.1, 0.15) is 6.04 Å². The van der Waals surface area contributed by atoms with Crippen LogP contribution < -0.4 is 4.90 Å². The minimum Gasteiger partial charge on any atom is -0.480 e. The van der Waals surface area contributed by atoms with E-state index in [4.69, 9.17) is 5.11 Å². The number of hydrogen-bond acceptors (Lipinski definition) is 2. The first kappa shape index (κ1) is 11.6. The Kier molecular flexibility index (Phi) is 3.72. The fourth-order valence-corrected chi connectivity index (χ4v) is 1.72. The Bertz CT molecular complexity index is 322. The molecule has 1 N–H and O–H groups in total. The van der Waals surface area contributed by atoms with E-state index in [0.717, 1.165) is 5.69 Å². The minimum atomic E-state index is -0.781. The number of benzene rings is 1. The van der Waals surface area contributed by atoms with Crippen LogP contribution >= 0.6 is 0 Å². The fourth-order valence-electron chi connectivity index (χ4n) is 1.72. The van der Waals surface area contributed by atoms with Crippen molar-refractivity contribution in [1.29, 1.82) is 0 Å². The van der Waals surface area contributed by atoms with Crippen molar-refractivity contribution in [1.82, 2.24) is 0 Å². The highest BCUT2D eigenvalue weighted by Crippen LogP contribution is 2.18. The largest absolute Gasteiger partial charge is 0.480 e. The SMILES string of the molecule is CC(C)C(C(=O)O)N(C)c1ccccc1. The molecule has 1 atom stereocenters. The molecule has 0 aliphatic carbocycles. The maximum Gasteiger partial charge on any atom is 0.326 e. The van der Waals surface area contributed by atoms with Gasteiger partial charge in [-0.15, -0.1) is 0 Å². The molecule has 0 fully saturated rings. The van der Waals surface area contributed by atoms with Crippen LogP contribution in [0.15, 0.2) is 30.3 Å². The van der Waals surface area contributed by atoms with E-state index in [1.165, 1.54) is 0 Å². The zero-order chi connectivity index (χ0) is 11.4. The molecule has 0 aromatic heterocycles. The van der Waals surface area contributed by atoms with Gasteiger partial charge in [-0.25, -0.2) is 4.79 Å². The number of para-hydroxylation sites is 1. The van der Waals surface area contributed by atoms with Crippen LogP contribution in [0.5, 0.6) is 0 Å². The van der Waals surface area contributed by atoms with Gasteiger partial charge in [-0.05, 0) is 18.1 Å². The second-order valence-corrected chi connectivity index (χ2v) is 3.97. The van der Waals surface area contributed by atoms with Gasteiger partial charge < -0.3 is 10.0 Å². The lowest BCUT2D eigenvalue weighted by molar-refractivity contribution is -0.139. The first-order valence-electron chi connectivity index (χ1n) is 5.04. The second-order valence-electron chi connectivity index (χ2n) is 3.97. The Labute approximate surface area is 90.3 Å². The molecular weight excluding hydrogens is 190 g/mol. The second kappa shape index (κ2) is 4.82. The molecule has 0 bridgehead atoms. The Balaban J connectivity index is 2.91. The zero-order valence-electron chi connectivity index (χ0n) is 9.34. The van der Waals surface area contributed by atoms with Crippen molar-refractivity contribution in [2.75, 3.05) is 11.9 Å². The summed E-state index contributed by atoms with van der Waals surface area (Å²) in [7, 11) is 1.81. The van der Waals surface area contributed by atoms with E-state index in [1.807, 2.05) is 51.2 Å². The number of carbonyl (C=O) groups is 1. The Morgan fingerprint density at radius 2 is 1.80 bits per heavy atom. The van der Waals surface area contributed by atoms with Crippen LogP contribution in [-0.4, -0.2) is 24.2 Å². The molecule has 0 amide bonds. The summed E-state index contributed by atoms with van der Waals surface area (Å²) in [6.45, 7) is 3.83. The molecule has 1 aromatic rings. The molecule has 1 rings (SSSR count). The van der Waals surface area contributed by atoms with E-state index in [2.05, 4.69) is 0 Å². The number of carboxylic acid groups (broad SMARTS) is 1. The maximum absolute atomic E-state index is 11.1. The number of likely N-dealkylation sites (N-methyl/N-ethyl adjacent to an activating group) is 1. The number of hydrogen-bond donors (Lipinski definition) is 1. The van der Waals surface area contributed by atoms with Gasteiger partial charge in [-0.3, -0.25) is 0 Å². The van der Waals surface area contributed by atoms with Crippen molar-refractivity contribution < 1.29 is 9.90 Å². The van der Waals surface area contributed by atoms with Crippen LogP contribution in [0.1, 0.15) is 13.8 Å². The summed E-state index contributed by atoms with van der Waals surface area (Å²) in [5.74, 6) is -0.705. The number of rotatable bonds is 4. The summed E-state index contributed by atoms with van der Waals surface area (Å²) in [5.41, 5.74) is 0.929. The first-order chi connectivity index (χ1) is 7.04. The third kappa shape index (κ3) is 2.72. The van der Waals surface area contributed by atoms with Gasteiger partial charge in [-0.1, -0.05) is 32.0 Å². The average molecular weight is 207 g/mol. The lowest BCUT2D eigenvalue weighted by atomic mass is 10.0. The lowest BCUT2D eigenvalue weighted by Gasteiger charge is -2.29. The third-order valence-electron chi connectivity index (χ3n) is 2.47. The molecule has 3 nitrogen and oxygen atoms in total. The summed E-state index contributed by atoms with van der Waals surface area (Å²) in [6, 6.07) is 9.09. The van der Waals surface area contributed by atoms with Gasteiger partial charge in [-0.2, -0.15) is 0 Å². The Morgan fingerprint density at radius 3 is 2.20 bits per heavy atom. The highest BCUT2D eigenvalue weighted by molar-refractivity contribution is 5.78. The topological polar surface area (TPSA) is 40.5 Å². The summed E-state index contributed by atoms with van der Waals surface area (Å²) in [4.78, 5) is 12.9.